The number of hydrogen-bond donors (Lipinski definition) is 2. The maximum absolute atomic E-state index is 12.2. The molecule has 0 bridgehead atoms. The Morgan fingerprint density at radius 3 is 2.26 bits per heavy atom. The largest absolute Gasteiger partial charge is 0.493 e. The molecule has 1 aromatic carbocycles. The third kappa shape index (κ3) is 7.16. The summed E-state index contributed by atoms with van der Waals surface area (Å²) < 4.78 is 15.0. The van der Waals surface area contributed by atoms with E-state index in [2.05, 4.69) is 10.6 Å². The fraction of sp³-hybridized carbons (Fsp3) is 0.526. The molecular formula is C19H28N2O6. The van der Waals surface area contributed by atoms with Crippen LogP contribution in [0.3, 0.4) is 0 Å². The Morgan fingerprint density at radius 2 is 1.70 bits per heavy atom. The highest BCUT2D eigenvalue weighted by Crippen LogP contribution is 2.27. The van der Waals surface area contributed by atoms with E-state index in [-0.39, 0.29) is 30.7 Å². The van der Waals surface area contributed by atoms with Crippen LogP contribution in [-0.2, 0) is 14.3 Å². The molecule has 0 aliphatic carbocycles. The molecule has 0 saturated heterocycles. The fourth-order valence-corrected chi connectivity index (χ4v) is 2.46. The maximum Gasteiger partial charge on any atom is 0.328 e. The molecule has 150 valence electrons. The molecule has 2 amide bonds. The Bertz CT molecular complexity index is 660. The van der Waals surface area contributed by atoms with Crippen molar-refractivity contribution in [1.82, 2.24) is 10.6 Å². The monoisotopic (exact) mass is 380 g/mol. The van der Waals surface area contributed by atoms with Gasteiger partial charge in [-0.3, -0.25) is 9.59 Å². The minimum absolute atomic E-state index is 0.0462. The Balaban J connectivity index is 2.55. The number of carbonyl (C=O) groups is 3. The summed E-state index contributed by atoms with van der Waals surface area (Å²) in [5.41, 5.74) is 0.389. The van der Waals surface area contributed by atoms with Gasteiger partial charge in [0, 0.05) is 18.5 Å². The van der Waals surface area contributed by atoms with Crippen LogP contribution in [0.15, 0.2) is 18.2 Å². The van der Waals surface area contributed by atoms with Crippen LogP contribution in [-0.4, -0.2) is 51.7 Å². The molecule has 2 N–H and O–H groups in total. The Morgan fingerprint density at radius 1 is 1.04 bits per heavy atom. The molecule has 1 atom stereocenters. The summed E-state index contributed by atoms with van der Waals surface area (Å²) >= 11 is 0. The molecule has 0 unspecified atom stereocenters. The lowest BCUT2D eigenvalue weighted by Gasteiger charge is -2.18. The van der Waals surface area contributed by atoms with Crippen molar-refractivity contribution >= 4 is 17.8 Å². The first-order valence-corrected chi connectivity index (χ1v) is 8.69. The minimum Gasteiger partial charge on any atom is -0.493 e. The van der Waals surface area contributed by atoms with E-state index in [0.717, 1.165) is 0 Å². The third-order valence-corrected chi connectivity index (χ3v) is 3.81. The van der Waals surface area contributed by atoms with Crippen molar-refractivity contribution in [3.63, 3.8) is 0 Å². The van der Waals surface area contributed by atoms with Gasteiger partial charge in [-0.2, -0.15) is 0 Å². The predicted molar refractivity (Wildman–Crippen MR) is 99.9 cm³/mol. The van der Waals surface area contributed by atoms with Crippen LogP contribution in [0.4, 0.5) is 0 Å². The Labute approximate surface area is 159 Å². The van der Waals surface area contributed by atoms with Gasteiger partial charge in [-0.05, 0) is 30.5 Å². The van der Waals surface area contributed by atoms with Gasteiger partial charge in [-0.25, -0.2) is 4.79 Å². The second-order valence-corrected chi connectivity index (χ2v) is 6.35. The van der Waals surface area contributed by atoms with Crippen molar-refractivity contribution in [3.05, 3.63) is 23.8 Å². The second-order valence-electron chi connectivity index (χ2n) is 6.35. The van der Waals surface area contributed by atoms with Crippen molar-refractivity contribution in [2.75, 3.05) is 27.9 Å². The lowest BCUT2D eigenvalue weighted by Crippen LogP contribution is -2.43. The van der Waals surface area contributed by atoms with Crippen LogP contribution < -0.4 is 20.1 Å². The van der Waals surface area contributed by atoms with Crippen LogP contribution in [0.25, 0.3) is 0 Å². The molecule has 27 heavy (non-hydrogen) atoms. The van der Waals surface area contributed by atoms with Crippen LogP contribution in [0.1, 0.15) is 37.0 Å². The normalized spacial score (nSPS) is 11.5. The quantitative estimate of drug-likeness (QED) is 0.597. The first-order chi connectivity index (χ1) is 12.8. The van der Waals surface area contributed by atoms with Crippen molar-refractivity contribution in [2.24, 2.45) is 5.92 Å². The maximum atomic E-state index is 12.2. The third-order valence-electron chi connectivity index (χ3n) is 3.81. The number of amides is 2. The summed E-state index contributed by atoms with van der Waals surface area (Å²) in [7, 11) is 4.28. The summed E-state index contributed by atoms with van der Waals surface area (Å²) in [4.78, 5) is 36.0. The van der Waals surface area contributed by atoms with E-state index in [1.807, 2.05) is 13.8 Å². The molecule has 0 saturated carbocycles. The van der Waals surface area contributed by atoms with E-state index in [4.69, 9.17) is 14.2 Å². The van der Waals surface area contributed by atoms with E-state index in [9.17, 15) is 14.4 Å². The standard InChI is InChI=1S/C19H28N2O6/c1-12(2)10-14(19(24)27-5)21-17(22)8-9-20-18(23)13-6-7-15(25-3)16(11-13)26-4/h6-7,11-12,14H,8-10H2,1-5H3,(H,20,23)(H,21,22)/t14-/m0/s1. The van der Waals surface area contributed by atoms with Crippen LogP contribution >= 0.6 is 0 Å². The van der Waals surface area contributed by atoms with Crippen LogP contribution in [0.2, 0.25) is 0 Å². The highest BCUT2D eigenvalue weighted by molar-refractivity contribution is 5.95. The Kier molecular flexibility index (Phi) is 9.12. The van der Waals surface area contributed by atoms with Crippen molar-refractivity contribution in [1.29, 1.82) is 0 Å². The molecule has 0 aromatic heterocycles. The van der Waals surface area contributed by atoms with E-state index in [1.165, 1.54) is 21.3 Å². The number of carbonyl (C=O) groups excluding carboxylic acids is 3. The number of ether oxygens (including phenoxy) is 3. The zero-order valence-electron chi connectivity index (χ0n) is 16.5. The number of esters is 1. The van der Waals surface area contributed by atoms with Gasteiger partial charge in [0.25, 0.3) is 5.91 Å². The van der Waals surface area contributed by atoms with Crippen LogP contribution in [0, 0.1) is 5.92 Å². The molecular weight excluding hydrogens is 352 g/mol. The summed E-state index contributed by atoms with van der Waals surface area (Å²) in [5, 5.41) is 5.31. The highest BCUT2D eigenvalue weighted by Gasteiger charge is 2.22. The lowest BCUT2D eigenvalue weighted by molar-refractivity contribution is -0.145. The van der Waals surface area contributed by atoms with Gasteiger partial charge < -0.3 is 24.8 Å². The summed E-state index contributed by atoms with van der Waals surface area (Å²) in [6, 6.07) is 4.11. The van der Waals surface area contributed by atoms with Gasteiger partial charge in [-0.1, -0.05) is 13.8 Å². The highest BCUT2D eigenvalue weighted by atomic mass is 16.5. The summed E-state index contributed by atoms with van der Waals surface area (Å²) in [6.45, 7) is 4.03. The zero-order valence-corrected chi connectivity index (χ0v) is 16.5. The fourth-order valence-electron chi connectivity index (χ4n) is 2.46. The summed E-state index contributed by atoms with van der Waals surface area (Å²) in [5.74, 6) is 0.0320. The van der Waals surface area contributed by atoms with Crippen molar-refractivity contribution in [3.8, 4) is 11.5 Å². The van der Waals surface area contributed by atoms with E-state index in [1.54, 1.807) is 18.2 Å². The second kappa shape index (κ2) is 11.1. The molecule has 8 heteroatoms. The zero-order chi connectivity index (χ0) is 20.4. The van der Waals surface area contributed by atoms with Crippen molar-refractivity contribution < 1.29 is 28.6 Å². The SMILES string of the molecule is COC(=O)[C@H](CC(C)C)NC(=O)CCNC(=O)c1ccc(OC)c(OC)c1. The molecule has 8 nitrogen and oxygen atoms in total. The van der Waals surface area contributed by atoms with Gasteiger partial charge in [-0.15, -0.1) is 0 Å². The molecule has 1 rings (SSSR count). The minimum atomic E-state index is -0.691. The van der Waals surface area contributed by atoms with Gasteiger partial charge in [0.2, 0.25) is 5.91 Å². The first-order valence-electron chi connectivity index (χ1n) is 8.69. The van der Waals surface area contributed by atoms with Crippen LogP contribution in [0.5, 0.6) is 11.5 Å². The molecule has 0 spiro atoms. The topological polar surface area (TPSA) is 103 Å². The van der Waals surface area contributed by atoms with Gasteiger partial charge in [0.1, 0.15) is 6.04 Å². The number of hydrogen-bond acceptors (Lipinski definition) is 6. The van der Waals surface area contributed by atoms with Gasteiger partial charge >= 0.3 is 5.97 Å². The predicted octanol–water partition coefficient (Wildman–Crippen LogP) is 1.53. The number of rotatable bonds is 10. The number of nitrogens with one attached hydrogen (secondary N) is 2. The van der Waals surface area contributed by atoms with Crippen molar-refractivity contribution in [2.45, 2.75) is 32.7 Å². The summed E-state index contributed by atoms with van der Waals surface area (Å²) in [6.07, 6.45) is 0.529. The average Bonchev–Trinajstić information content (AvgIpc) is 2.65. The molecule has 0 aliphatic heterocycles. The van der Waals surface area contributed by atoms with Gasteiger partial charge in [0.05, 0.1) is 21.3 Å². The number of methoxy groups -OCH3 is 3. The molecule has 0 radical (unpaired) electrons. The average molecular weight is 380 g/mol. The molecule has 0 fully saturated rings. The Hall–Kier alpha value is -2.77. The first kappa shape index (κ1) is 22.3. The lowest BCUT2D eigenvalue weighted by atomic mass is 10.0. The molecule has 0 heterocycles. The van der Waals surface area contributed by atoms with E-state index < -0.39 is 12.0 Å². The van der Waals surface area contributed by atoms with E-state index >= 15 is 0 Å². The smallest absolute Gasteiger partial charge is 0.328 e. The van der Waals surface area contributed by atoms with E-state index in [0.29, 0.717) is 23.5 Å². The molecule has 1 aromatic rings. The van der Waals surface area contributed by atoms with Gasteiger partial charge in [0.15, 0.2) is 11.5 Å². The molecule has 0 aliphatic rings. The number of benzene rings is 1.